The summed E-state index contributed by atoms with van der Waals surface area (Å²) in [5, 5.41) is 12.7. The number of carbonyl (C=O) groups is 1. The summed E-state index contributed by atoms with van der Waals surface area (Å²) in [6, 6.07) is 7.63. The average Bonchev–Trinajstić information content (AvgIpc) is 3.44. The molecule has 8 heteroatoms. The number of hydrogen-bond donors (Lipinski definition) is 3. The lowest BCUT2D eigenvalue weighted by molar-refractivity contribution is 0.0857. The molecule has 1 aliphatic rings. The molecule has 1 aromatic carbocycles. The smallest absolute Gasteiger partial charge is 0.251 e. The van der Waals surface area contributed by atoms with E-state index in [1.807, 2.05) is 24.3 Å². The first-order chi connectivity index (χ1) is 14.5. The summed E-state index contributed by atoms with van der Waals surface area (Å²) in [7, 11) is 1.74. The summed E-state index contributed by atoms with van der Waals surface area (Å²) in [4.78, 5) is 21.3. The maximum absolute atomic E-state index is 12.4. The van der Waals surface area contributed by atoms with E-state index in [0.29, 0.717) is 37.1 Å². The summed E-state index contributed by atoms with van der Waals surface area (Å²) < 4.78 is 5.56. The number of ether oxygens (including phenoxy) is 1. The number of guanidine groups is 1. The highest BCUT2D eigenvalue weighted by Crippen LogP contribution is 2.17. The highest BCUT2D eigenvalue weighted by atomic mass is 32.1. The third kappa shape index (κ3) is 6.53. The highest BCUT2D eigenvalue weighted by Gasteiger charge is 2.16. The van der Waals surface area contributed by atoms with Gasteiger partial charge in [-0.1, -0.05) is 26.0 Å². The van der Waals surface area contributed by atoms with Gasteiger partial charge in [-0.05, 0) is 36.5 Å². The van der Waals surface area contributed by atoms with Crippen LogP contribution >= 0.6 is 11.3 Å². The minimum Gasteiger partial charge on any atom is -0.376 e. The van der Waals surface area contributed by atoms with Gasteiger partial charge in [-0.25, -0.2) is 4.98 Å². The summed E-state index contributed by atoms with van der Waals surface area (Å²) in [6.45, 7) is 6.84. The molecule has 0 bridgehead atoms. The van der Waals surface area contributed by atoms with Gasteiger partial charge in [0.1, 0.15) is 5.01 Å². The van der Waals surface area contributed by atoms with Gasteiger partial charge in [0.05, 0.1) is 18.3 Å². The van der Waals surface area contributed by atoms with Crippen LogP contribution in [0, 0.1) is 0 Å². The fourth-order valence-electron chi connectivity index (χ4n) is 3.17. The van der Waals surface area contributed by atoms with E-state index < -0.39 is 0 Å². The molecule has 2 heterocycles. The van der Waals surface area contributed by atoms with E-state index in [1.165, 1.54) is 0 Å². The van der Waals surface area contributed by atoms with Crippen molar-refractivity contribution in [2.75, 3.05) is 20.2 Å². The first-order valence-electron chi connectivity index (χ1n) is 10.4. The maximum atomic E-state index is 12.4. The molecule has 7 nitrogen and oxygen atoms in total. The Balaban J connectivity index is 1.47. The van der Waals surface area contributed by atoms with Crippen molar-refractivity contribution in [3.8, 4) is 0 Å². The largest absolute Gasteiger partial charge is 0.376 e. The molecule has 0 saturated carbocycles. The molecule has 1 unspecified atom stereocenters. The van der Waals surface area contributed by atoms with Crippen LogP contribution in [0.5, 0.6) is 0 Å². The maximum Gasteiger partial charge on any atom is 0.251 e. The second kappa shape index (κ2) is 11.1. The van der Waals surface area contributed by atoms with E-state index in [2.05, 4.69) is 45.2 Å². The minimum absolute atomic E-state index is 0.0698. The SMILES string of the molecule is CN=C(NCc1cccc(C(=O)NCC2CCCO2)c1)NCc1nc(C(C)C)cs1. The number of aliphatic imine (C=N–C) groups is 1. The van der Waals surface area contributed by atoms with Crippen LogP contribution in [0.2, 0.25) is 0 Å². The summed E-state index contributed by atoms with van der Waals surface area (Å²) >= 11 is 1.65. The van der Waals surface area contributed by atoms with E-state index >= 15 is 0 Å². The second-order valence-electron chi connectivity index (χ2n) is 7.65. The first kappa shape index (κ1) is 22.2. The molecule has 1 atom stereocenters. The fraction of sp³-hybridized carbons (Fsp3) is 0.500. The number of nitrogens with one attached hydrogen (secondary N) is 3. The van der Waals surface area contributed by atoms with Crippen LogP contribution in [0.25, 0.3) is 0 Å². The van der Waals surface area contributed by atoms with Crippen molar-refractivity contribution in [2.45, 2.75) is 51.8 Å². The van der Waals surface area contributed by atoms with Gasteiger partial charge >= 0.3 is 0 Å². The molecular weight excluding hydrogens is 398 g/mol. The molecule has 0 aliphatic carbocycles. The van der Waals surface area contributed by atoms with Gasteiger partial charge in [0.25, 0.3) is 5.91 Å². The number of benzene rings is 1. The van der Waals surface area contributed by atoms with Gasteiger partial charge in [-0.15, -0.1) is 11.3 Å². The van der Waals surface area contributed by atoms with Crippen molar-refractivity contribution in [1.29, 1.82) is 0 Å². The minimum atomic E-state index is -0.0698. The van der Waals surface area contributed by atoms with Crippen molar-refractivity contribution in [1.82, 2.24) is 20.9 Å². The van der Waals surface area contributed by atoms with E-state index in [-0.39, 0.29) is 12.0 Å². The predicted octanol–water partition coefficient (Wildman–Crippen LogP) is 3.04. The number of rotatable bonds is 8. The molecule has 0 spiro atoms. The van der Waals surface area contributed by atoms with Gasteiger partial charge in [0.2, 0.25) is 0 Å². The summed E-state index contributed by atoms with van der Waals surface area (Å²) in [6.07, 6.45) is 2.22. The standard InChI is InChI=1S/C22H31N5O2S/c1-15(2)19-14-30-20(27-19)13-26-22(23-3)25-11-16-6-4-7-17(10-16)21(28)24-12-18-8-5-9-29-18/h4,6-7,10,14-15,18H,5,8-9,11-13H2,1-3H3,(H,24,28)(H2,23,25,26). The van der Waals surface area contributed by atoms with Gasteiger partial charge in [0, 0.05) is 37.7 Å². The number of carbonyl (C=O) groups excluding carboxylic acids is 1. The molecule has 1 aromatic heterocycles. The molecule has 2 aromatic rings. The van der Waals surface area contributed by atoms with Crippen LogP contribution < -0.4 is 16.0 Å². The molecule has 3 N–H and O–H groups in total. The zero-order valence-corrected chi connectivity index (χ0v) is 18.7. The number of thiazole rings is 1. The molecule has 162 valence electrons. The van der Waals surface area contributed by atoms with E-state index in [4.69, 9.17) is 4.74 Å². The molecule has 1 aliphatic heterocycles. The van der Waals surface area contributed by atoms with Crippen molar-refractivity contribution in [3.63, 3.8) is 0 Å². The number of hydrogen-bond acceptors (Lipinski definition) is 5. The lowest BCUT2D eigenvalue weighted by Gasteiger charge is -2.13. The molecule has 3 rings (SSSR count). The van der Waals surface area contributed by atoms with Crippen molar-refractivity contribution in [2.24, 2.45) is 4.99 Å². The van der Waals surface area contributed by atoms with E-state index in [1.54, 1.807) is 18.4 Å². The number of nitrogens with zero attached hydrogens (tertiary/aromatic N) is 2. The number of amides is 1. The Bertz CT molecular complexity index is 859. The second-order valence-corrected chi connectivity index (χ2v) is 8.59. The molecule has 30 heavy (non-hydrogen) atoms. The van der Waals surface area contributed by atoms with Crippen molar-refractivity contribution >= 4 is 23.2 Å². The van der Waals surface area contributed by atoms with E-state index in [0.717, 1.165) is 35.7 Å². The zero-order valence-electron chi connectivity index (χ0n) is 17.9. The van der Waals surface area contributed by atoms with Crippen LogP contribution in [-0.4, -0.2) is 43.2 Å². The first-order valence-corrected chi connectivity index (χ1v) is 11.3. The molecule has 1 fully saturated rings. The third-order valence-corrected chi connectivity index (χ3v) is 5.82. The van der Waals surface area contributed by atoms with Gasteiger partial charge < -0.3 is 20.7 Å². The zero-order chi connectivity index (χ0) is 21.3. The summed E-state index contributed by atoms with van der Waals surface area (Å²) in [5.41, 5.74) is 2.78. The Morgan fingerprint density at radius 2 is 2.13 bits per heavy atom. The molecule has 0 radical (unpaired) electrons. The Kier molecular flexibility index (Phi) is 8.21. The normalized spacial score (nSPS) is 16.7. The predicted molar refractivity (Wildman–Crippen MR) is 121 cm³/mol. The lowest BCUT2D eigenvalue weighted by atomic mass is 10.1. The van der Waals surface area contributed by atoms with Crippen molar-refractivity contribution in [3.05, 3.63) is 51.5 Å². The van der Waals surface area contributed by atoms with Crippen LogP contribution in [0.4, 0.5) is 0 Å². The molecular formula is C22H31N5O2S. The quantitative estimate of drug-likeness (QED) is 0.443. The molecule has 1 amide bonds. The van der Waals surface area contributed by atoms with Crippen LogP contribution in [-0.2, 0) is 17.8 Å². The Morgan fingerprint density at radius 3 is 2.83 bits per heavy atom. The van der Waals surface area contributed by atoms with E-state index in [9.17, 15) is 4.79 Å². The average molecular weight is 430 g/mol. The number of aromatic nitrogens is 1. The lowest BCUT2D eigenvalue weighted by Crippen LogP contribution is -2.36. The van der Waals surface area contributed by atoms with Crippen LogP contribution in [0.3, 0.4) is 0 Å². The third-order valence-electron chi connectivity index (χ3n) is 4.96. The highest BCUT2D eigenvalue weighted by molar-refractivity contribution is 7.09. The van der Waals surface area contributed by atoms with Crippen LogP contribution in [0.1, 0.15) is 59.2 Å². The van der Waals surface area contributed by atoms with Crippen LogP contribution in [0.15, 0.2) is 34.6 Å². The Morgan fingerprint density at radius 1 is 1.30 bits per heavy atom. The molecule has 1 saturated heterocycles. The van der Waals surface area contributed by atoms with Gasteiger partial charge in [-0.2, -0.15) is 0 Å². The topological polar surface area (TPSA) is 87.6 Å². The van der Waals surface area contributed by atoms with Gasteiger partial charge in [-0.3, -0.25) is 9.79 Å². The summed E-state index contributed by atoms with van der Waals surface area (Å²) in [5.74, 6) is 1.06. The fourth-order valence-corrected chi connectivity index (χ4v) is 4.07. The Hall–Kier alpha value is -2.45. The van der Waals surface area contributed by atoms with Crippen molar-refractivity contribution < 1.29 is 9.53 Å². The monoisotopic (exact) mass is 429 g/mol. The Labute approximate surface area is 182 Å². The van der Waals surface area contributed by atoms with Gasteiger partial charge in [0.15, 0.2) is 5.96 Å².